The number of aromatic nitrogens is 1. The van der Waals surface area contributed by atoms with E-state index in [4.69, 9.17) is 15.2 Å². The average Bonchev–Trinajstić information content (AvgIpc) is 3.35. The molecule has 1 fully saturated rings. The number of benzene rings is 3. The monoisotopic (exact) mass is 580 g/mol. The highest BCUT2D eigenvalue weighted by molar-refractivity contribution is 6.16. The molecule has 43 heavy (non-hydrogen) atoms. The summed E-state index contributed by atoms with van der Waals surface area (Å²) in [7, 11) is 0. The quantitative estimate of drug-likeness (QED) is 0.291. The van der Waals surface area contributed by atoms with Gasteiger partial charge in [-0.15, -0.1) is 0 Å². The number of fused-ring (bicyclic) bond motifs is 3. The number of hydrogen-bond acceptors (Lipinski definition) is 5. The van der Waals surface area contributed by atoms with Gasteiger partial charge in [-0.25, -0.2) is 4.79 Å². The molecule has 0 saturated carbocycles. The molecule has 3 heterocycles. The number of morpholine rings is 1. The summed E-state index contributed by atoms with van der Waals surface area (Å²) < 4.78 is 11.0. The number of nitrogens with one attached hydrogen (secondary N) is 1. The van der Waals surface area contributed by atoms with E-state index >= 15 is 0 Å². The maximum absolute atomic E-state index is 12.6. The van der Waals surface area contributed by atoms with E-state index in [9.17, 15) is 9.59 Å². The SMILES string of the molecule is Cc1cc(-c2cc(C(N)=O)c3[nH]c4cc(C5=CCN(C(=O)OC(C)(C)C)CC5)ccc4c3c2)ccc1CN1CCOCC1. The second-order valence-electron chi connectivity index (χ2n) is 12.6. The molecule has 224 valence electrons. The molecule has 0 radical (unpaired) electrons. The fourth-order valence-corrected chi connectivity index (χ4v) is 6.04. The number of primary amides is 1. The fraction of sp³-hybridized carbons (Fsp3) is 0.371. The van der Waals surface area contributed by atoms with Crippen LogP contribution in [0.3, 0.4) is 0 Å². The van der Waals surface area contributed by atoms with Crippen LogP contribution in [0.25, 0.3) is 38.5 Å². The van der Waals surface area contributed by atoms with Crippen LogP contribution < -0.4 is 5.73 Å². The number of carbonyl (C=O) groups is 2. The number of amides is 2. The number of nitrogens with two attached hydrogens (primary N) is 1. The zero-order valence-electron chi connectivity index (χ0n) is 25.5. The first-order valence-corrected chi connectivity index (χ1v) is 15.0. The Hall–Kier alpha value is -4.14. The van der Waals surface area contributed by atoms with E-state index in [1.54, 1.807) is 4.90 Å². The van der Waals surface area contributed by atoms with Gasteiger partial charge in [-0.05, 0) is 85.7 Å². The van der Waals surface area contributed by atoms with Crippen LogP contribution in [-0.4, -0.2) is 71.8 Å². The molecular weight excluding hydrogens is 540 g/mol. The maximum atomic E-state index is 12.6. The van der Waals surface area contributed by atoms with Crippen molar-refractivity contribution < 1.29 is 19.1 Å². The Morgan fingerprint density at radius 1 is 0.953 bits per heavy atom. The topological polar surface area (TPSA) is 101 Å². The highest BCUT2D eigenvalue weighted by Crippen LogP contribution is 2.35. The fourth-order valence-electron chi connectivity index (χ4n) is 6.04. The third-order valence-electron chi connectivity index (χ3n) is 8.38. The predicted molar refractivity (Wildman–Crippen MR) is 171 cm³/mol. The van der Waals surface area contributed by atoms with Crippen LogP contribution in [-0.2, 0) is 16.0 Å². The Labute approximate surface area is 252 Å². The lowest BCUT2D eigenvalue weighted by atomic mass is 9.95. The van der Waals surface area contributed by atoms with Gasteiger partial charge in [0.25, 0.3) is 5.91 Å². The summed E-state index contributed by atoms with van der Waals surface area (Å²) in [5, 5.41) is 2.01. The predicted octanol–water partition coefficient (Wildman–Crippen LogP) is 6.25. The van der Waals surface area contributed by atoms with E-state index in [0.29, 0.717) is 18.7 Å². The van der Waals surface area contributed by atoms with E-state index < -0.39 is 11.5 Å². The first-order chi connectivity index (χ1) is 20.6. The molecule has 0 unspecified atom stereocenters. The number of rotatable bonds is 5. The molecule has 1 saturated heterocycles. The van der Waals surface area contributed by atoms with E-state index in [-0.39, 0.29) is 6.09 Å². The van der Waals surface area contributed by atoms with Gasteiger partial charge in [0.2, 0.25) is 0 Å². The molecule has 2 amide bonds. The summed E-state index contributed by atoms with van der Waals surface area (Å²) in [4.78, 5) is 32.8. The molecule has 3 aromatic carbocycles. The Balaban J connectivity index is 1.30. The zero-order chi connectivity index (χ0) is 30.3. The van der Waals surface area contributed by atoms with Gasteiger partial charge in [-0.2, -0.15) is 0 Å². The van der Waals surface area contributed by atoms with Gasteiger partial charge in [0.1, 0.15) is 5.60 Å². The standard InChI is InChI=1S/C35H40N4O4/c1-22-17-24(5-6-26(22)21-38-13-15-42-16-14-38)27-18-29-28-8-7-25(20-31(28)37-32(29)30(19-27)33(36)40)23-9-11-39(12-10-23)34(41)43-35(2,3)4/h5-9,17-20,37H,10-16,21H2,1-4H3,(H2,36,40). The normalized spacial score (nSPS) is 16.5. The minimum absolute atomic E-state index is 0.286. The van der Waals surface area contributed by atoms with Gasteiger partial charge in [-0.1, -0.05) is 36.4 Å². The highest BCUT2D eigenvalue weighted by atomic mass is 16.6. The first kappa shape index (κ1) is 29.0. The van der Waals surface area contributed by atoms with Crippen molar-refractivity contribution in [2.75, 3.05) is 39.4 Å². The third-order valence-corrected chi connectivity index (χ3v) is 8.38. The lowest BCUT2D eigenvalue weighted by molar-refractivity contribution is 0.0270. The zero-order valence-corrected chi connectivity index (χ0v) is 25.5. The number of H-pyrrole nitrogens is 1. The van der Waals surface area contributed by atoms with Gasteiger partial charge >= 0.3 is 6.09 Å². The molecule has 1 aromatic heterocycles. The van der Waals surface area contributed by atoms with Gasteiger partial charge in [0.15, 0.2) is 0 Å². The molecule has 2 aliphatic heterocycles. The van der Waals surface area contributed by atoms with Crippen molar-refractivity contribution in [2.24, 2.45) is 5.73 Å². The van der Waals surface area contributed by atoms with Crippen molar-refractivity contribution in [3.63, 3.8) is 0 Å². The van der Waals surface area contributed by atoms with Gasteiger partial charge in [0, 0.05) is 49.0 Å². The molecule has 2 aliphatic rings. The molecule has 3 N–H and O–H groups in total. The maximum Gasteiger partial charge on any atom is 0.410 e. The summed E-state index contributed by atoms with van der Waals surface area (Å²) in [6.07, 6.45) is 2.54. The number of aromatic amines is 1. The Morgan fingerprint density at radius 3 is 2.40 bits per heavy atom. The number of nitrogens with zero attached hydrogens (tertiary/aromatic N) is 2. The first-order valence-electron chi connectivity index (χ1n) is 15.0. The van der Waals surface area contributed by atoms with Crippen LogP contribution in [0.15, 0.2) is 54.6 Å². The van der Waals surface area contributed by atoms with Crippen molar-refractivity contribution in [1.82, 2.24) is 14.8 Å². The third kappa shape index (κ3) is 6.17. The number of hydrogen-bond donors (Lipinski definition) is 2. The van der Waals surface area contributed by atoms with Crippen molar-refractivity contribution in [1.29, 1.82) is 0 Å². The van der Waals surface area contributed by atoms with Gasteiger partial charge < -0.3 is 25.1 Å². The Bertz CT molecular complexity index is 1740. The summed E-state index contributed by atoms with van der Waals surface area (Å²) in [5.41, 5.74) is 14.4. The lowest BCUT2D eigenvalue weighted by Gasteiger charge is -2.29. The van der Waals surface area contributed by atoms with Crippen molar-refractivity contribution in [3.05, 3.63) is 76.9 Å². The Morgan fingerprint density at radius 2 is 1.72 bits per heavy atom. The summed E-state index contributed by atoms with van der Waals surface area (Å²) in [6, 6.07) is 16.9. The Kier molecular flexibility index (Phi) is 7.75. The van der Waals surface area contributed by atoms with Crippen molar-refractivity contribution >= 4 is 39.4 Å². The molecule has 0 spiro atoms. The van der Waals surface area contributed by atoms with Crippen LogP contribution >= 0.6 is 0 Å². The van der Waals surface area contributed by atoms with Gasteiger partial charge in [-0.3, -0.25) is 9.69 Å². The molecule has 8 heteroatoms. The van der Waals surface area contributed by atoms with E-state index in [2.05, 4.69) is 65.3 Å². The molecule has 8 nitrogen and oxygen atoms in total. The second-order valence-corrected chi connectivity index (χ2v) is 12.6. The van der Waals surface area contributed by atoms with E-state index in [1.807, 2.05) is 26.8 Å². The molecule has 4 aromatic rings. The van der Waals surface area contributed by atoms with E-state index in [0.717, 1.165) is 77.8 Å². The van der Waals surface area contributed by atoms with Crippen molar-refractivity contribution in [3.8, 4) is 11.1 Å². The summed E-state index contributed by atoms with van der Waals surface area (Å²) in [6.45, 7) is 13.3. The number of ether oxygens (including phenoxy) is 2. The number of carbonyl (C=O) groups excluding carboxylic acids is 2. The van der Waals surface area contributed by atoms with Crippen LogP contribution in [0.4, 0.5) is 4.79 Å². The second kappa shape index (κ2) is 11.5. The van der Waals surface area contributed by atoms with Crippen LogP contribution in [0.5, 0.6) is 0 Å². The van der Waals surface area contributed by atoms with Crippen molar-refractivity contribution in [2.45, 2.75) is 46.3 Å². The average molecular weight is 581 g/mol. The molecular formula is C35H40N4O4. The molecule has 6 rings (SSSR count). The largest absolute Gasteiger partial charge is 0.444 e. The van der Waals surface area contributed by atoms with Crippen LogP contribution in [0, 0.1) is 6.92 Å². The summed E-state index contributed by atoms with van der Waals surface area (Å²) in [5.74, 6) is -0.462. The summed E-state index contributed by atoms with van der Waals surface area (Å²) >= 11 is 0. The van der Waals surface area contributed by atoms with E-state index in [1.165, 1.54) is 16.7 Å². The highest BCUT2D eigenvalue weighted by Gasteiger charge is 2.24. The minimum Gasteiger partial charge on any atom is -0.444 e. The number of aryl methyl sites for hydroxylation is 1. The molecule has 0 atom stereocenters. The molecule has 0 bridgehead atoms. The lowest BCUT2D eigenvalue weighted by Crippen LogP contribution is -2.39. The van der Waals surface area contributed by atoms with Crippen LogP contribution in [0.2, 0.25) is 0 Å². The molecule has 0 aliphatic carbocycles. The van der Waals surface area contributed by atoms with Crippen LogP contribution in [0.1, 0.15) is 54.2 Å². The smallest absolute Gasteiger partial charge is 0.410 e. The minimum atomic E-state index is -0.517. The van der Waals surface area contributed by atoms with Gasteiger partial charge in [0.05, 0.1) is 24.3 Å².